The van der Waals surface area contributed by atoms with Gasteiger partial charge in [0.15, 0.2) is 9.84 Å². The maximum Gasteiger partial charge on any atom is 0.271 e. The lowest BCUT2D eigenvalue weighted by Crippen LogP contribution is -2.30. The molecule has 0 aliphatic carbocycles. The summed E-state index contributed by atoms with van der Waals surface area (Å²) in [4.78, 5) is 23.7. The van der Waals surface area contributed by atoms with E-state index in [1.807, 2.05) is 13.0 Å². The smallest absolute Gasteiger partial charge is 0.271 e. The first kappa shape index (κ1) is 19.8. The molecule has 1 aromatic heterocycles. The number of rotatable bonds is 9. The van der Waals surface area contributed by atoms with Crippen LogP contribution in [0.1, 0.15) is 35.8 Å². The van der Waals surface area contributed by atoms with E-state index in [-0.39, 0.29) is 29.3 Å². The van der Waals surface area contributed by atoms with Crippen LogP contribution < -0.4 is 10.9 Å². The van der Waals surface area contributed by atoms with Gasteiger partial charge in [-0.05, 0) is 24.5 Å². The van der Waals surface area contributed by atoms with Crippen molar-refractivity contribution in [3.63, 3.8) is 0 Å². The van der Waals surface area contributed by atoms with E-state index in [1.165, 1.54) is 16.8 Å². The molecule has 0 aliphatic heterocycles. The molecule has 0 saturated carbocycles. The minimum atomic E-state index is -3.23. The zero-order chi connectivity index (χ0) is 19.0. The molecule has 0 atom stereocenters. The summed E-state index contributed by atoms with van der Waals surface area (Å²) in [5.74, 6) is -0.439. The summed E-state index contributed by atoms with van der Waals surface area (Å²) >= 11 is 0. The molecule has 0 fully saturated rings. The third-order valence-electron chi connectivity index (χ3n) is 3.68. The van der Waals surface area contributed by atoms with Crippen LogP contribution in [0.25, 0.3) is 0 Å². The molecule has 0 radical (unpaired) electrons. The standard InChI is InChI=1S/C18H23N3O4S/c1-2-12-21-17(22)10-9-16(20-21)18(23)19-11-6-13-26(24,25)14-15-7-4-3-5-8-15/h3-5,7-10H,2,6,11-14H2,1H3,(H,19,23). The third-order valence-corrected chi connectivity index (χ3v) is 5.37. The number of aromatic nitrogens is 2. The number of sulfone groups is 1. The number of carbonyl (C=O) groups excluding carboxylic acids is 1. The van der Waals surface area contributed by atoms with E-state index in [0.717, 1.165) is 12.0 Å². The van der Waals surface area contributed by atoms with Gasteiger partial charge >= 0.3 is 0 Å². The average molecular weight is 377 g/mol. The van der Waals surface area contributed by atoms with E-state index in [9.17, 15) is 18.0 Å². The Labute approximate surface area is 153 Å². The zero-order valence-electron chi connectivity index (χ0n) is 14.7. The van der Waals surface area contributed by atoms with E-state index >= 15 is 0 Å². The quantitative estimate of drug-likeness (QED) is 0.666. The molecule has 1 aromatic carbocycles. The van der Waals surface area contributed by atoms with E-state index in [1.54, 1.807) is 24.3 Å². The third kappa shape index (κ3) is 6.11. The van der Waals surface area contributed by atoms with Gasteiger partial charge in [-0.3, -0.25) is 9.59 Å². The number of hydrogen-bond acceptors (Lipinski definition) is 5. The Balaban J connectivity index is 1.83. The van der Waals surface area contributed by atoms with Crippen molar-refractivity contribution < 1.29 is 13.2 Å². The Morgan fingerprint density at radius 1 is 1.15 bits per heavy atom. The molecule has 0 aliphatic rings. The number of hydrogen-bond donors (Lipinski definition) is 1. The fourth-order valence-corrected chi connectivity index (χ4v) is 3.86. The summed E-state index contributed by atoms with van der Waals surface area (Å²) in [6, 6.07) is 11.7. The summed E-state index contributed by atoms with van der Waals surface area (Å²) in [6.45, 7) is 2.58. The molecule has 8 heteroatoms. The van der Waals surface area contributed by atoms with Gasteiger partial charge in [0.05, 0.1) is 11.5 Å². The highest BCUT2D eigenvalue weighted by Gasteiger charge is 2.13. The maximum absolute atomic E-state index is 12.1. The molecule has 0 unspecified atom stereocenters. The van der Waals surface area contributed by atoms with Crippen LogP contribution in [-0.4, -0.2) is 36.4 Å². The largest absolute Gasteiger partial charge is 0.351 e. The summed E-state index contributed by atoms with van der Waals surface area (Å²) in [6.07, 6.45) is 1.05. The molecule has 26 heavy (non-hydrogen) atoms. The van der Waals surface area contributed by atoms with Crippen LogP contribution in [0.4, 0.5) is 0 Å². The van der Waals surface area contributed by atoms with Crippen LogP contribution in [0, 0.1) is 0 Å². The Bertz CT molecular complexity index is 892. The molecule has 140 valence electrons. The molecule has 0 spiro atoms. The van der Waals surface area contributed by atoms with Gasteiger partial charge in [0.2, 0.25) is 0 Å². The molecule has 0 saturated heterocycles. The van der Waals surface area contributed by atoms with Gasteiger partial charge in [-0.25, -0.2) is 13.1 Å². The maximum atomic E-state index is 12.1. The molecule has 1 heterocycles. The second-order valence-electron chi connectivity index (χ2n) is 5.97. The van der Waals surface area contributed by atoms with Gasteiger partial charge in [0, 0.05) is 19.2 Å². The van der Waals surface area contributed by atoms with Crippen molar-refractivity contribution in [1.82, 2.24) is 15.1 Å². The second-order valence-corrected chi connectivity index (χ2v) is 8.15. The molecule has 2 rings (SSSR count). The van der Waals surface area contributed by atoms with E-state index in [0.29, 0.717) is 13.0 Å². The molecule has 7 nitrogen and oxygen atoms in total. The number of nitrogens with zero attached hydrogens (tertiary/aromatic N) is 2. The monoisotopic (exact) mass is 377 g/mol. The number of carbonyl (C=O) groups is 1. The van der Waals surface area contributed by atoms with Crippen LogP contribution >= 0.6 is 0 Å². The highest BCUT2D eigenvalue weighted by Crippen LogP contribution is 2.07. The first-order valence-electron chi connectivity index (χ1n) is 8.52. The first-order valence-corrected chi connectivity index (χ1v) is 10.3. The number of benzene rings is 1. The molecule has 1 N–H and O–H groups in total. The van der Waals surface area contributed by atoms with Crippen molar-refractivity contribution in [2.45, 2.75) is 32.1 Å². The van der Waals surface area contributed by atoms with Crippen molar-refractivity contribution in [2.75, 3.05) is 12.3 Å². The molecular weight excluding hydrogens is 354 g/mol. The van der Waals surface area contributed by atoms with Crippen LogP contribution in [-0.2, 0) is 22.1 Å². The van der Waals surface area contributed by atoms with Crippen LogP contribution in [0.2, 0.25) is 0 Å². The number of nitrogens with one attached hydrogen (secondary N) is 1. The van der Waals surface area contributed by atoms with Gasteiger partial charge < -0.3 is 5.32 Å². The Hall–Kier alpha value is -2.48. The van der Waals surface area contributed by atoms with E-state index < -0.39 is 15.7 Å². The minimum Gasteiger partial charge on any atom is -0.351 e. The molecule has 0 bridgehead atoms. The van der Waals surface area contributed by atoms with Crippen molar-refractivity contribution in [2.24, 2.45) is 0 Å². The second kappa shape index (κ2) is 9.28. The summed E-state index contributed by atoms with van der Waals surface area (Å²) < 4.78 is 25.5. The van der Waals surface area contributed by atoms with Crippen molar-refractivity contribution in [3.8, 4) is 0 Å². The summed E-state index contributed by atoms with van der Waals surface area (Å²) in [5, 5.41) is 6.66. The Kier molecular flexibility index (Phi) is 7.08. The van der Waals surface area contributed by atoms with Crippen molar-refractivity contribution in [1.29, 1.82) is 0 Å². The Morgan fingerprint density at radius 3 is 2.58 bits per heavy atom. The topological polar surface area (TPSA) is 98.1 Å². The van der Waals surface area contributed by atoms with Gasteiger partial charge in [0.1, 0.15) is 5.69 Å². The highest BCUT2D eigenvalue weighted by molar-refractivity contribution is 7.90. The lowest BCUT2D eigenvalue weighted by atomic mass is 10.2. The fraction of sp³-hybridized carbons (Fsp3) is 0.389. The van der Waals surface area contributed by atoms with Crippen LogP contribution in [0.15, 0.2) is 47.3 Å². The number of amides is 1. The summed E-state index contributed by atoms with van der Waals surface area (Å²) in [7, 11) is -3.23. The van der Waals surface area contributed by atoms with Gasteiger partial charge in [-0.2, -0.15) is 5.10 Å². The SMILES string of the molecule is CCCn1nc(C(=O)NCCCS(=O)(=O)Cc2ccccc2)ccc1=O. The molecule has 2 aromatic rings. The fourth-order valence-electron chi connectivity index (χ4n) is 2.43. The number of aryl methyl sites for hydroxylation is 1. The van der Waals surface area contributed by atoms with Crippen LogP contribution in [0.3, 0.4) is 0 Å². The lowest BCUT2D eigenvalue weighted by molar-refractivity contribution is 0.0946. The minimum absolute atomic E-state index is 0.00861. The van der Waals surface area contributed by atoms with Gasteiger partial charge in [0.25, 0.3) is 11.5 Å². The van der Waals surface area contributed by atoms with Gasteiger partial charge in [-0.1, -0.05) is 37.3 Å². The van der Waals surface area contributed by atoms with Gasteiger partial charge in [-0.15, -0.1) is 0 Å². The average Bonchev–Trinajstić information content (AvgIpc) is 2.61. The highest BCUT2D eigenvalue weighted by atomic mass is 32.2. The predicted octanol–water partition coefficient (Wildman–Crippen LogP) is 1.39. The normalized spacial score (nSPS) is 11.3. The molecule has 1 amide bonds. The Morgan fingerprint density at radius 2 is 1.88 bits per heavy atom. The van der Waals surface area contributed by atoms with E-state index in [2.05, 4.69) is 10.4 Å². The summed E-state index contributed by atoms with van der Waals surface area (Å²) in [5.41, 5.74) is 0.638. The van der Waals surface area contributed by atoms with Crippen molar-refractivity contribution >= 4 is 15.7 Å². The lowest BCUT2D eigenvalue weighted by Gasteiger charge is -2.08. The first-order chi connectivity index (χ1) is 12.4. The van der Waals surface area contributed by atoms with Crippen LogP contribution in [0.5, 0.6) is 0 Å². The zero-order valence-corrected chi connectivity index (χ0v) is 15.5. The predicted molar refractivity (Wildman–Crippen MR) is 99.7 cm³/mol. The van der Waals surface area contributed by atoms with Crippen molar-refractivity contribution in [3.05, 3.63) is 64.1 Å². The molecular formula is C18H23N3O4S. The van der Waals surface area contributed by atoms with E-state index in [4.69, 9.17) is 0 Å².